The van der Waals surface area contributed by atoms with Crippen LogP contribution in [0.5, 0.6) is 0 Å². The lowest BCUT2D eigenvalue weighted by atomic mass is 10.1. The van der Waals surface area contributed by atoms with Crippen LogP contribution in [0.1, 0.15) is 19.4 Å². The molecule has 1 saturated heterocycles. The van der Waals surface area contributed by atoms with Crippen molar-refractivity contribution in [3.8, 4) is 0 Å². The molecule has 16 heavy (non-hydrogen) atoms. The van der Waals surface area contributed by atoms with E-state index in [2.05, 4.69) is 19.2 Å². The van der Waals surface area contributed by atoms with Crippen molar-refractivity contribution in [1.82, 2.24) is 5.32 Å². The van der Waals surface area contributed by atoms with E-state index in [9.17, 15) is 4.79 Å². The lowest BCUT2D eigenvalue weighted by Crippen LogP contribution is -2.16. The van der Waals surface area contributed by atoms with Gasteiger partial charge in [-0.2, -0.15) is 0 Å². The molecule has 0 saturated carbocycles. The van der Waals surface area contributed by atoms with E-state index in [0.29, 0.717) is 18.6 Å². The Kier molecular flexibility index (Phi) is 3.25. The minimum absolute atomic E-state index is 0.0938. The molecule has 1 aliphatic heterocycles. The predicted octanol–water partition coefficient (Wildman–Crippen LogP) is 1.73. The molecule has 3 heteroatoms. The molecule has 0 spiro atoms. The first-order valence-electron chi connectivity index (χ1n) is 5.65. The van der Waals surface area contributed by atoms with Crippen molar-refractivity contribution in [2.75, 3.05) is 0 Å². The smallest absolute Gasteiger partial charge is 0.325 e. The van der Waals surface area contributed by atoms with Gasteiger partial charge in [0.25, 0.3) is 0 Å². The first kappa shape index (κ1) is 11.1. The number of hydrogen-bond donors (Lipinski definition) is 1. The maximum atomic E-state index is 11.6. The first-order chi connectivity index (χ1) is 7.68. The second-order valence-electron chi connectivity index (χ2n) is 4.51. The molecule has 0 unspecified atom stereocenters. The van der Waals surface area contributed by atoms with Crippen LogP contribution in [0.4, 0.5) is 0 Å². The maximum absolute atomic E-state index is 11.6. The molecule has 1 N–H and O–H groups in total. The van der Waals surface area contributed by atoms with E-state index in [4.69, 9.17) is 4.74 Å². The highest BCUT2D eigenvalue weighted by Gasteiger charge is 2.45. The van der Waals surface area contributed by atoms with Crippen molar-refractivity contribution in [1.29, 1.82) is 0 Å². The van der Waals surface area contributed by atoms with Gasteiger partial charge < -0.3 is 4.74 Å². The Morgan fingerprint density at radius 2 is 2.06 bits per heavy atom. The van der Waals surface area contributed by atoms with Crippen LogP contribution >= 0.6 is 0 Å². The molecule has 1 fully saturated rings. The van der Waals surface area contributed by atoms with Crippen LogP contribution in [0.25, 0.3) is 0 Å². The Morgan fingerprint density at radius 3 is 2.62 bits per heavy atom. The highest BCUT2D eigenvalue weighted by molar-refractivity contribution is 5.80. The number of carbonyl (C=O) groups is 1. The minimum atomic E-state index is -0.137. The highest BCUT2D eigenvalue weighted by Crippen LogP contribution is 2.21. The van der Waals surface area contributed by atoms with Gasteiger partial charge in [0.2, 0.25) is 0 Å². The zero-order valence-electron chi connectivity index (χ0n) is 9.64. The van der Waals surface area contributed by atoms with Gasteiger partial charge in [0, 0.05) is 6.04 Å². The van der Waals surface area contributed by atoms with Crippen LogP contribution in [0, 0.1) is 5.92 Å². The summed E-state index contributed by atoms with van der Waals surface area (Å²) in [6.45, 7) is 4.56. The van der Waals surface area contributed by atoms with Gasteiger partial charge in [-0.3, -0.25) is 10.1 Å². The quantitative estimate of drug-likeness (QED) is 0.619. The van der Waals surface area contributed by atoms with E-state index < -0.39 is 0 Å². The number of hydrogen-bond acceptors (Lipinski definition) is 3. The molecule has 0 amide bonds. The Morgan fingerprint density at radius 1 is 1.38 bits per heavy atom. The third kappa shape index (κ3) is 2.61. The predicted molar refractivity (Wildman–Crippen MR) is 61.8 cm³/mol. The fourth-order valence-corrected chi connectivity index (χ4v) is 1.76. The van der Waals surface area contributed by atoms with E-state index >= 15 is 0 Å². The van der Waals surface area contributed by atoms with Crippen LogP contribution in [0.3, 0.4) is 0 Å². The van der Waals surface area contributed by atoms with Gasteiger partial charge in [-0.1, -0.05) is 44.2 Å². The summed E-state index contributed by atoms with van der Waals surface area (Å²) in [5, 5.41) is 3.13. The summed E-state index contributed by atoms with van der Waals surface area (Å²) in [7, 11) is 0. The van der Waals surface area contributed by atoms with Crippen LogP contribution in [-0.4, -0.2) is 18.1 Å². The van der Waals surface area contributed by atoms with Crippen LogP contribution in [0.15, 0.2) is 30.3 Å². The third-order valence-electron chi connectivity index (χ3n) is 2.82. The molecule has 1 heterocycles. The summed E-state index contributed by atoms with van der Waals surface area (Å²) >= 11 is 0. The highest BCUT2D eigenvalue weighted by atomic mass is 16.5. The van der Waals surface area contributed by atoms with Gasteiger partial charge in [-0.15, -0.1) is 0 Å². The van der Waals surface area contributed by atoms with Crippen molar-refractivity contribution in [3.05, 3.63) is 35.9 Å². The summed E-state index contributed by atoms with van der Waals surface area (Å²) in [4.78, 5) is 11.6. The molecule has 2 atom stereocenters. The van der Waals surface area contributed by atoms with Crippen LogP contribution < -0.4 is 5.32 Å². The van der Waals surface area contributed by atoms with Crippen molar-refractivity contribution in [3.63, 3.8) is 0 Å². The van der Waals surface area contributed by atoms with Gasteiger partial charge in [0.1, 0.15) is 12.6 Å². The lowest BCUT2D eigenvalue weighted by Gasteiger charge is -2.04. The lowest BCUT2D eigenvalue weighted by molar-refractivity contribution is -0.144. The number of nitrogens with one attached hydrogen (secondary N) is 1. The number of rotatable bonds is 4. The molecule has 3 nitrogen and oxygen atoms in total. The normalized spacial score (nSPS) is 23.2. The zero-order valence-corrected chi connectivity index (χ0v) is 9.64. The van der Waals surface area contributed by atoms with Gasteiger partial charge in [-0.05, 0) is 11.5 Å². The number of esters is 1. The third-order valence-corrected chi connectivity index (χ3v) is 2.82. The van der Waals surface area contributed by atoms with Crippen LogP contribution in [0.2, 0.25) is 0 Å². The molecule has 86 valence electrons. The van der Waals surface area contributed by atoms with E-state index in [0.717, 1.165) is 5.56 Å². The number of carbonyl (C=O) groups excluding carboxylic acids is 1. The van der Waals surface area contributed by atoms with E-state index in [1.165, 1.54) is 0 Å². The van der Waals surface area contributed by atoms with Gasteiger partial charge in [0.15, 0.2) is 0 Å². The Balaban J connectivity index is 1.78. The summed E-state index contributed by atoms with van der Waals surface area (Å²) < 4.78 is 5.23. The molecule has 0 bridgehead atoms. The standard InChI is InChI=1S/C13H17NO2/c1-9(2)11-12(14-11)13(15)16-8-10-6-4-3-5-7-10/h3-7,9,11-12,14H,8H2,1-2H3/t11-,12-/m0/s1. The molecule has 1 aromatic carbocycles. The first-order valence-corrected chi connectivity index (χ1v) is 5.65. The Bertz CT molecular complexity index is 361. The topological polar surface area (TPSA) is 48.2 Å². The number of benzene rings is 1. The van der Waals surface area contributed by atoms with E-state index in [-0.39, 0.29) is 12.0 Å². The molecule has 0 radical (unpaired) electrons. The molecule has 1 aliphatic rings. The minimum Gasteiger partial charge on any atom is -0.460 e. The Labute approximate surface area is 95.8 Å². The van der Waals surface area contributed by atoms with Crippen molar-refractivity contribution < 1.29 is 9.53 Å². The molecule has 0 aliphatic carbocycles. The number of ether oxygens (including phenoxy) is 1. The molecule has 0 aromatic heterocycles. The monoisotopic (exact) mass is 219 g/mol. The SMILES string of the molecule is CC(C)[C@@H]1N[C@@H]1C(=O)OCc1ccccc1. The summed E-state index contributed by atoms with van der Waals surface area (Å²) in [5.41, 5.74) is 1.03. The molecular weight excluding hydrogens is 202 g/mol. The van der Waals surface area contributed by atoms with Gasteiger partial charge in [0.05, 0.1) is 0 Å². The van der Waals surface area contributed by atoms with Gasteiger partial charge >= 0.3 is 5.97 Å². The summed E-state index contributed by atoms with van der Waals surface area (Å²) in [6, 6.07) is 9.93. The van der Waals surface area contributed by atoms with Gasteiger partial charge in [-0.25, -0.2) is 0 Å². The second-order valence-corrected chi connectivity index (χ2v) is 4.51. The second kappa shape index (κ2) is 4.66. The largest absolute Gasteiger partial charge is 0.460 e. The fraction of sp³-hybridized carbons (Fsp3) is 0.462. The zero-order chi connectivity index (χ0) is 11.5. The average molecular weight is 219 g/mol. The summed E-state index contributed by atoms with van der Waals surface area (Å²) in [5.74, 6) is 0.344. The summed E-state index contributed by atoms with van der Waals surface area (Å²) in [6.07, 6.45) is 0. The fourth-order valence-electron chi connectivity index (χ4n) is 1.76. The van der Waals surface area contributed by atoms with Crippen molar-refractivity contribution in [2.24, 2.45) is 5.92 Å². The molecule has 1 aromatic rings. The van der Waals surface area contributed by atoms with E-state index in [1.807, 2.05) is 30.3 Å². The Hall–Kier alpha value is -1.35. The van der Waals surface area contributed by atoms with E-state index in [1.54, 1.807) is 0 Å². The molecule has 2 rings (SSSR count). The van der Waals surface area contributed by atoms with Crippen molar-refractivity contribution in [2.45, 2.75) is 32.5 Å². The molecular formula is C13H17NO2. The average Bonchev–Trinajstić information content (AvgIpc) is 3.07. The van der Waals surface area contributed by atoms with Crippen LogP contribution in [-0.2, 0) is 16.1 Å². The maximum Gasteiger partial charge on any atom is 0.325 e. The van der Waals surface area contributed by atoms with Crippen molar-refractivity contribution >= 4 is 5.97 Å².